The minimum atomic E-state index is -0.655. The lowest BCUT2D eigenvalue weighted by Gasteiger charge is -2.12. The maximum absolute atomic E-state index is 12.9. The first-order chi connectivity index (χ1) is 18.1. The first kappa shape index (κ1) is 27.6. The van der Waals surface area contributed by atoms with Gasteiger partial charge in [0, 0.05) is 5.69 Å². The van der Waals surface area contributed by atoms with Crippen LogP contribution in [0.25, 0.3) is 6.08 Å². The maximum atomic E-state index is 12.9. The summed E-state index contributed by atoms with van der Waals surface area (Å²) >= 11 is 4.18. The normalized spacial score (nSPS) is 14.0. The molecule has 0 saturated carbocycles. The summed E-state index contributed by atoms with van der Waals surface area (Å²) < 4.78 is 17.2. The molecule has 4 amide bonds. The van der Waals surface area contributed by atoms with Gasteiger partial charge in [0.15, 0.2) is 6.61 Å². The molecule has 1 aromatic heterocycles. The number of carbonyl (C=O) groups is 4. The number of hydrogen-bond donors (Lipinski definition) is 2. The topological polar surface area (TPSA) is 127 Å². The molecule has 0 aliphatic carbocycles. The number of methoxy groups -OCH3 is 1. The SMILES string of the molecule is COC(=O)c1ccc(CN2C(=O)N/C(=C\c3cc(I)c(OCC(=O)Nc4ccc(C)cc4)c(I)c3)C2=O)o1. The number of urea groups is 1. The molecule has 10 nitrogen and oxygen atoms in total. The van der Waals surface area contributed by atoms with Crippen LogP contribution in [0.3, 0.4) is 0 Å². The fraction of sp³-hybridized carbons (Fsp3) is 0.154. The molecule has 2 heterocycles. The number of aryl methyl sites for hydroxylation is 1. The van der Waals surface area contributed by atoms with Gasteiger partial charge in [-0.25, -0.2) is 9.59 Å². The van der Waals surface area contributed by atoms with E-state index in [4.69, 9.17) is 9.15 Å². The number of furan rings is 1. The highest BCUT2D eigenvalue weighted by atomic mass is 127. The summed E-state index contributed by atoms with van der Waals surface area (Å²) in [4.78, 5) is 50.2. The fourth-order valence-electron chi connectivity index (χ4n) is 3.48. The highest BCUT2D eigenvalue weighted by molar-refractivity contribution is 14.1. The number of imide groups is 1. The van der Waals surface area contributed by atoms with E-state index in [2.05, 4.69) is 60.6 Å². The summed E-state index contributed by atoms with van der Waals surface area (Å²) in [5.74, 6) is -0.713. The Kier molecular flexibility index (Phi) is 8.71. The molecule has 0 atom stereocenters. The highest BCUT2D eigenvalue weighted by Crippen LogP contribution is 2.30. The lowest BCUT2D eigenvalue weighted by atomic mass is 10.2. The number of anilines is 1. The van der Waals surface area contributed by atoms with Crippen LogP contribution < -0.4 is 15.4 Å². The lowest BCUT2D eigenvalue weighted by molar-refractivity contribution is -0.123. The molecule has 38 heavy (non-hydrogen) atoms. The first-order valence-corrected chi connectivity index (χ1v) is 13.3. The number of amides is 4. The van der Waals surface area contributed by atoms with E-state index in [1.165, 1.54) is 19.2 Å². The van der Waals surface area contributed by atoms with Crippen molar-refractivity contribution in [1.82, 2.24) is 10.2 Å². The van der Waals surface area contributed by atoms with E-state index in [1.807, 2.05) is 31.2 Å². The van der Waals surface area contributed by atoms with Crippen molar-refractivity contribution in [3.8, 4) is 5.75 Å². The van der Waals surface area contributed by atoms with Crippen LogP contribution in [0.2, 0.25) is 0 Å². The number of rotatable bonds is 8. The van der Waals surface area contributed by atoms with Gasteiger partial charge in [0.05, 0.1) is 20.8 Å². The van der Waals surface area contributed by atoms with E-state index in [0.29, 0.717) is 17.0 Å². The molecular formula is C26H21I2N3O7. The van der Waals surface area contributed by atoms with Gasteiger partial charge in [-0.05, 0) is 100 Å². The zero-order chi connectivity index (χ0) is 27.4. The van der Waals surface area contributed by atoms with Crippen LogP contribution in [0.1, 0.15) is 27.4 Å². The number of benzene rings is 2. The number of nitrogens with one attached hydrogen (secondary N) is 2. The Morgan fingerprint density at radius 3 is 2.42 bits per heavy atom. The number of carbonyl (C=O) groups excluding carboxylic acids is 4. The van der Waals surface area contributed by atoms with Crippen LogP contribution in [0.5, 0.6) is 5.75 Å². The van der Waals surface area contributed by atoms with Gasteiger partial charge in [0.1, 0.15) is 17.2 Å². The monoisotopic (exact) mass is 741 g/mol. The van der Waals surface area contributed by atoms with Crippen molar-refractivity contribution in [3.05, 3.63) is 84.0 Å². The number of nitrogens with zero attached hydrogens (tertiary/aromatic N) is 1. The Bertz CT molecular complexity index is 1420. The standard InChI is InChI=1S/C26H21I2N3O7/c1-14-3-5-16(6-4-14)29-22(32)13-37-23-18(27)9-15(10-19(23)28)11-20-24(33)31(26(35)30-20)12-17-7-8-21(38-17)25(34)36-2/h3-11H,12-13H2,1-2H3,(H,29,32)(H,30,35)/b20-11-. The zero-order valence-corrected chi connectivity index (χ0v) is 24.5. The van der Waals surface area contributed by atoms with Crippen LogP contribution >= 0.6 is 45.2 Å². The maximum Gasteiger partial charge on any atom is 0.373 e. The second-order valence-electron chi connectivity index (χ2n) is 8.15. The van der Waals surface area contributed by atoms with Gasteiger partial charge >= 0.3 is 12.0 Å². The number of hydrogen-bond acceptors (Lipinski definition) is 7. The zero-order valence-electron chi connectivity index (χ0n) is 20.2. The van der Waals surface area contributed by atoms with Crippen molar-refractivity contribution in [1.29, 1.82) is 0 Å². The van der Waals surface area contributed by atoms with E-state index in [1.54, 1.807) is 18.2 Å². The molecule has 1 aliphatic rings. The average molecular weight is 741 g/mol. The quantitative estimate of drug-likeness (QED) is 0.149. The summed E-state index contributed by atoms with van der Waals surface area (Å²) in [5.41, 5.74) is 2.53. The molecule has 1 saturated heterocycles. The summed E-state index contributed by atoms with van der Waals surface area (Å²) in [7, 11) is 1.23. The van der Waals surface area contributed by atoms with Crippen LogP contribution in [0.15, 0.2) is 58.6 Å². The Balaban J connectivity index is 1.41. The van der Waals surface area contributed by atoms with Crippen molar-refractivity contribution in [2.45, 2.75) is 13.5 Å². The Morgan fingerprint density at radius 1 is 1.08 bits per heavy atom. The molecule has 0 bridgehead atoms. The molecule has 196 valence electrons. The van der Waals surface area contributed by atoms with Crippen LogP contribution in [0, 0.1) is 14.1 Å². The Hall–Kier alpha value is -3.40. The van der Waals surface area contributed by atoms with Gasteiger partial charge in [0.25, 0.3) is 11.8 Å². The van der Waals surface area contributed by atoms with Crippen molar-refractivity contribution >= 4 is 80.8 Å². The molecule has 3 aromatic rings. The molecule has 0 radical (unpaired) electrons. The van der Waals surface area contributed by atoms with Gasteiger partial charge in [-0.2, -0.15) is 0 Å². The molecule has 1 aliphatic heterocycles. The average Bonchev–Trinajstić information content (AvgIpc) is 3.45. The van der Waals surface area contributed by atoms with E-state index < -0.39 is 17.9 Å². The molecule has 4 rings (SSSR count). The first-order valence-electron chi connectivity index (χ1n) is 11.1. The largest absolute Gasteiger partial charge is 0.482 e. The Morgan fingerprint density at radius 2 is 1.76 bits per heavy atom. The second-order valence-corrected chi connectivity index (χ2v) is 10.5. The summed E-state index contributed by atoms with van der Waals surface area (Å²) in [5, 5.41) is 5.35. The van der Waals surface area contributed by atoms with Crippen LogP contribution in [0.4, 0.5) is 10.5 Å². The minimum absolute atomic E-state index is 0.0237. The lowest BCUT2D eigenvalue weighted by Crippen LogP contribution is -2.30. The molecule has 0 spiro atoms. The van der Waals surface area contributed by atoms with Crippen LogP contribution in [-0.2, 0) is 20.9 Å². The summed E-state index contributed by atoms with van der Waals surface area (Å²) in [6.45, 7) is 1.65. The number of esters is 1. The van der Waals surface area contributed by atoms with Crippen molar-refractivity contribution in [2.24, 2.45) is 0 Å². The molecule has 1 fully saturated rings. The van der Waals surface area contributed by atoms with Crippen LogP contribution in [-0.4, -0.2) is 42.4 Å². The second kappa shape index (κ2) is 12.0. The fourth-order valence-corrected chi connectivity index (χ4v) is 5.61. The van der Waals surface area contributed by atoms with Gasteiger partial charge in [-0.3, -0.25) is 14.5 Å². The molecule has 12 heteroatoms. The predicted octanol–water partition coefficient (Wildman–Crippen LogP) is 4.69. The smallest absolute Gasteiger partial charge is 0.373 e. The Labute approximate surface area is 245 Å². The van der Waals surface area contributed by atoms with Gasteiger partial charge in [0.2, 0.25) is 5.76 Å². The third-order valence-corrected chi connectivity index (χ3v) is 6.94. The van der Waals surface area contributed by atoms with Crippen molar-refractivity contribution in [3.63, 3.8) is 0 Å². The van der Waals surface area contributed by atoms with Gasteiger partial charge in [-0.1, -0.05) is 17.7 Å². The molecular weight excluding hydrogens is 720 g/mol. The number of halogens is 2. The highest BCUT2D eigenvalue weighted by Gasteiger charge is 2.34. The van der Waals surface area contributed by atoms with Gasteiger partial charge < -0.3 is 24.5 Å². The predicted molar refractivity (Wildman–Crippen MR) is 154 cm³/mol. The van der Waals surface area contributed by atoms with E-state index in [-0.39, 0.29) is 36.3 Å². The van der Waals surface area contributed by atoms with E-state index in [0.717, 1.165) is 17.6 Å². The minimum Gasteiger partial charge on any atom is -0.482 e. The molecule has 0 unspecified atom stereocenters. The van der Waals surface area contributed by atoms with E-state index >= 15 is 0 Å². The summed E-state index contributed by atoms with van der Waals surface area (Å²) in [6.07, 6.45) is 1.56. The number of ether oxygens (including phenoxy) is 2. The third-order valence-electron chi connectivity index (χ3n) is 5.34. The summed E-state index contributed by atoms with van der Waals surface area (Å²) in [6, 6.07) is 13.3. The van der Waals surface area contributed by atoms with Crippen molar-refractivity contribution in [2.75, 3.05) is 19.0 Å². The van der Waals surface area contributed by atoms with E-state index in [9.17, 15) is 19.2 Å². The molecule has 2 aromatic carbocycles. The third kappa shape index (κ3) is 6.53. The van der Waals surface area contributed by atoms with Gasteiger partial charge in [-0.15, -0.1) is 0 Å². The van der Waals surface area contributed by atoms with Crippen molar-refractivity contribution < 1.29 is 33.1 Å². The molecule has 2 N–H and O–H groups in total.